The molecule has 32 heavy (non-hydrogen) atoms. The predicted octanol–water partition coefficient (Wildman–Crippen LogP) is 4.16. The van der Waals surface area contributed by atoms with Crippen molar-refractivity contribution in [3.63, 3.8) is 0 Å². The fraction of sp³-hybridized carbons (Fsp3) is 0.208. The molecule has 5 rings (SSSR count). The molecule has 8 heteroatoms. The Morgan fingerprint density at radius 3 is 2.44 bits per heavy atom. The van der Waals surface area contributed by atoms with E-state index in [1.54, 1.807) is 50.4 Å². The molecule has 0 N–H and O–H groups in total. The molecule has 8 nitrogen and oxygen atoms in total. The van der Waals surface area contributed by atoms with E-state index in [-0.39, 0.29) is 16.8 Å². The number of nitrogens with zero attached hydrogens (tertiary/aromatic N) is 2. The minimum Gasteiger partial charge on any atom is -0.493 e. The van der Waals surface area contributed by atoms with Crippen molar-refractivity contribution < 1.29 is 23.2 Å². The number of fused-ring (bicyclic) bond motifs is 2. The van der Waals surface area contributed by atoms with Gasteiger partial charge in [-0.2, -0.15) is 0 Å². The third kappa shape index (κ3) is 2.87. The van der Waals surface area contributed by atoms with Crippen LogP contribution in [0.5, 0.6) is 11.5 Å². The van der Waals surface area contributed by atoms with Gasteiger partial charge in [-0.25, -0.2) is 0 Å². The monoisotopic (exact) mass is 432 g/mol. The summed E-state index contributed by atoms with van der Waals surface area (Å²) in [6, 6.07) is 11.4. The summed E-state index contributed by atoms with van der Waals surface area (Å²) in [5, 5.41) is 4.44. The zero-order valence-corrected chi connectivity index (χ0v) is 18.0. The SMILES string of the molecule is COc1ccc([C@@H]2c3c(oc4ccc(C)cc4c3=O)C(=O)N2c2cc(C)on2)cc1OC. The van der Waals surface area contributed by atoms with E-state index in [0.717, 1.165) is 5.56 Å². The summed E-state index contributed by atoms with van der Waals surface area (Å²) in [5.74, 6) is 1.36. The molecular formula is C24H20N2O6. The van der Waals surface area contributed by atoms with Crippen LogP contribution in [0.2, 0.25) is 0 Å². The molecule has 1 amide bonds. The van der Waals surface area contributed by atoms with Crippen LogP contribution in [0, 0.1) is 13.8 Å². The molecule has 0 bridgehead atoms. The van der Waals surface area contributed by atoms with Crippen molar-refractivity contribution in [3.8, 4) is 11.5 Å². The summed E-state index contributed by atoms with van der Waals surface area (Å²) in [5.41, 5.74) is 1.91. The van der Waals surface area contributed by atoms with Gasteiger partial charge in [0.2, 0.25) is 5.76 Å². The lowest BCUT2D eigenvalue weighted by atomic mass is 9.97. The molecule has 0 saturated carbocycles. The first-order valence-corrected chi connectivity index (χ1v) is 9.99. The predicted molar refractivity (Wildman–Crippen MR) is 117 cm³/mol. The van der Waals surface area contributed by atoms with Crippen LogP contribution in [0.4, 0.5) is 5.82 Å². The Balaban J connectivity index is 1.81. The molecule has 0 spiro atoms. The van der Waals surface area contributed by atoms with Crippen LogP contribution in [0.1, 0.15) is 39.0 Å². The molecule has 162 valence electrons. The number of carbonyl (C=O) groups is 1. The van der Waals surface area contributed by atoms with Gasteiger partial charge in [0.25, 0.3) is 5.91 Å². The van der Waals surface area contributed by atoms with E-state index >= 15 is 0 Å². The van der Waals surface area contributed by atoms with E-state index < -0.39 is 11.9 Å². The van der Waals surface area contributed by atoms with E-state index in [4.69, 9.17) is 18.4 Å². The molecule has 4 aromatic rings. The summed E-state index contributed by atoms with van der Waals surface area (Å²) in [7, 11) is 3.07. The van der Waals surface area contributed by atoms with Gasteiger partial charge < -0.3 is 18.4 Å². The topological polar surface area (TPSA) is 95.0 Å². The minimum absolute atomic E-state index is 0.00760. The van der Waals surface area contributed by atoms with Gasteiger partial charge in [-0.3, -0.25) is 14.5 Å². The molecule has 3 heterocycles. The van der Waals surface area contributed by atoms with Crippen molar-refractivity contribution in [1.82, 2.24) is 5.16 Å². The number of methoxy groups -OCH3 is 2. The largest absolute Gasteiger partial charge is 0.493 e. The van der Waals surface area contributed by atoms with E-state index in [9.17, 15) is 9.59 Å². The smallest absolute Gasteiger partial charge is 0.296 e. The van der Waals surface area contributed by atoms with Crippen LogP contribution >= 0.6 is 0 Å². The van der Waals surface area contributed by atoms with Gasteiger partial charge >= 0.3 is 0 Å². The van der Waals surface area contributed by atoms with Crippen LogP contribution in [-0.2, 0) is 0 Å². The van der Waals surface area contributed by atoms with E-state index in [1.807, 2.05) is 13.0 Å². The zero-order valence-electron chi connectivity index (χ0n) is 18.0. The van der Waals surface area contributed by atoms with Gasteiger partial charge in [-0.15, -0.1) is 0 Å². The summed E-state index contributed by atoms with van der Waals surface area (Å²) in [4.78, 5) is 28.5. The Hall–Kier alpha value is -4.07. The summed E-state index contributed by atoms with van der Waals surface area (Å²) in [6.07, 6.45) is 0. The average molecular weight is 432 g/mol. The lowest BCUT2D eigenvalue weighted by molar-refractivity contribution is 0.0969. The molecule has 0 unspecified atom stereocenters. The molecule has 2 aromatic heterocycles. The van der Waals surface area contributed by atoms with Crippen molar-refractivity contribution in [2.75, 3.05) is 19.1 Å². The summed E-state index contributed by atoms with van der Waals surface area (Å²) < 4.78 is 22.0. The number of aromatic nitrogens is 1. The normalized spacial score (nSPS) is 15.3. The molecule has 0 saturated heterocycles. The first kappa shape index (κ1) is 19.9. The average Bonchev–Trinajstić information content (AvgIpc) is 3.34. The first-order chi connectivity index (χ1) is 15.4. The van der Waals surface area contributed by atoms with Gasteiger partial charge in [-0.1, -0.05) is 22.9 Å². The highest BCUT2D eigenvalue weighted by molar-refractivity contribution is 6.10. The van der Waals surface area contributed by atoms with Crippen LogP contribution in [0.25, 0.3) is 11.0 Å². The second kappa shape index (κ2) is 7.26. The number of amides is 1. The minimum atomic E-state index is -0.775. The Bertz CT molecular complexity index is 1430. The van der Waals surface area contributed by atoms with Gasteiger partial charge in [0, 0.05) is 6.07 Å². The van der Waals surface area contributed by atoms with Gasteiger partial charge in [0.1, 0.15) is 11.3 Å². The molecule has 1 atom stereocenters. The quantitative estimate of drug-likeness (QED) is 0.478. The van der Waals surface area contributed by atoms with Crippen molar-refractivity contribution >= 4 is 22.7 Å². The number of hydrogen-bond donors (Lipinski definition) is 0. The van der Waals surface area contributed by atoms with Crippen LogP contribution < -0.4 is 19.8 Å². The number of aryl methyl sites for hydroxylation is 2. The fourth-order valence-electron chi connectivity index (χ4n) is 4.13. The Morgan fingerprint density at radius 2 is 1.75 bits per heavy atom. The van der Waals surface area contributed by atoms with Crippen molar-refractivity contribution in [2.45, 2.75) is 19.9 Å². The first-order valence-electron chi connectivity index (χ1n) is 9.99. The maximum absolute atomic E-state index is 13.6. The second-order valence-electron chi connectivity index (χ2n) is 7.66. The second-order valence-corrected chi connectivity index (χ2v) is 7.66. The number of ether oxygens (including phenoxy) is 2. The number of carbonyl (C=O) groups excluding carboxylic acids is 1. The number of anilines is 1. The maximum atomic E-state index is 13.6. The van der Waals surface area contributed by atoms with Crippen LogP contribution in [-0.4, -0.2) is 25.3 Å². The fourth-order valence-corrected chi connectivity index (χ4v) is 4.13. The summed E-state index contributed by atoms with van der Waals surface area (Å²) >= 11 is 0. The number of rotatable bonds is 4. The third-order valence-corrected chi connectivity index (χ3v) is 5.61. The van der Waals surface area contributed by atoms with Gasteiger partial charge in [0.15, 0.2) is 22.7 Å². The molecule has 1 aliphatic rings. The molecule has 1 aliphatic heterocycles. The van der Waals surface area contributed by atoms with E-state index in [0.29, 0.717) is 39.6 Å². The highest BCUT2D eigenvalue weighted by Gasteiger charge is 2.45. The van der Waals surface area contributed by atoms with Gasteiger partial charge in [0.05, 0.1) is 31.2 Å². The highest BCUT2D eigenvalue weighted by Crippen LogP contribution is 2.43. The Morgan fingerprint density at radius 1 is 0.969 bits per heavy atom. The van der Waals surface area contributed by atoms with Crippen molar-refractivity contribution in [2.24, 2.45) is 0 Å². The van der Waals surface area contributed by atoms with Crippen molar-refractivity contribution in [3.05, 3.63) is 80.9 Å². The maximum Gasteiger partial charge on any atom is 0.296 e. The molecule has 0 fully saturated rings. The Kier molecular flexibility index (Phi) is 4.51. The van der Waals surface area contributed by atoms with Crippen molar-refractivity contribution in [1.29, 1.82) is 0 Å². The summed E-state index contributed by atoms with van der Waals surface area (Å²) in [6.45, 7) is 3.63. The Labute approximate surface area is 182 Å². The lowest BCUT2D eigenvalue weighted by Crippen LogP contribution is -2.29. The number of benzene rings is 2. The van der Waals surface area contributed by atoms with Crippen LogP contribution in [0.15, 0.2) is 56.2 Å². The van der Waals surface area contributed by atoms with E-state index in [2.05, 4.69) is 5.16 Å². The number of hydrogen-bond acceptors (Lipinski definition) is 7. The zero-order chi connectivity index (χ0) is 22.6. The molecule has 2 aromatic carbocycles. The van der Waals surface area contributed by atoms with Crippen LogP contribution in [0.3, 0.4) is 0 Å². The molecule has 0 aliphatic carbocycles. The van der Waals surface area contributed by atoms with E-state index in [1.165, 1.54) is 12.0 Å². The van der Waals surface area contributed by atoms with Gasteiger partial charge in [-0.05, 0) is 43.7 Å². The lowest BCUT2D eigenvalue weighted by Gasteiger charge is -2.23. The highest BCUT2D eigenvalue weighted by atomic mass is 16.5. The standard InChI is InChI=1S/C24H20N2O6/c1-12-5-7-16-15(9-12)22(27)20-21(14-6-8-17(29-3)18(11-14)30-4)26(24(28)23(20)31-16)19-10-13(2)32-25-19/h5-11,21H,1-4H3/t21-/m1/s1. The molecular weight excluding hydrogens is 412 g/mol. The third-order valence-electron chi connectivity index (χ3n) is 5.61. The molecule has 0 radical (unpaired) electrons.